The van der Waals surface area contributed by atoms with Gasteiger partial charge in [-0.05, 0) is 69.2 Å². The Morgan fingerprint density at radius 2 is 1.51 bits per heavy atom. The molecule has 0 saturated carbocycles. The minimum Gasteiger partial charge on any atom is -0.491 e. The molecule has 0 aliphatic heterocycles. The fourth-order valence-electron chi connectivity index (χ4n) is 4.57. The molecular formula is C33H50O4. The Labute approximate surface area is 226 Å². The number of benzene rings is 2. The predicted molar refractivity (Wildman–Crippen MR) is 154 cm³/mol. The molecule has 4 heteroatoms. The molecule has 0 saturated heterocycles. The molecule has 0 N–H and O–H groups in total. The smallest absolute Gasteiger partial charge is 0.164 e. The van der Waals surface area contributed by atoms with Crippen LogP contribution in [0.4, 0.5) is 0 Å². The summed E-state index contributed by atoms with van der Waals surface area (Å²) in [5.41, 5.74) is 1.86. The van der Waals surface area contributed by atoms with Gasteiger partial charge in [0.05, 0.1) is 12.7 Å². The third-order valence-electron chi connectivity index (χ3n) is 7.75. The molecule has 0 spiro atoms. The van der Waals surface area contributed by atoms with Gasteiger partial charge in [-0.1, -0.05) is 83.0 Å². The van der Waals surface area contributed by atoms with Crippen molar-refractivity contribution in [3.8, 4) is 5.75 Å². The highest BCUT2D eigenvalue weighted by molar-refractivity contribution is 5.86. The molecule has 0 fully saturated rings. The Balaban J connectivity index is 1.85. The number of unbranched alkanes of at least 4 members (excludes halogenated alkanes) is 2. The number of ether oxygens (including phenoxy) is 3. The van der Waals surface area contributed by atoms with E-state index < -0.39 is 5.60 Å². The second-order valence-electron chi connectivity index (χ2n) is 10.6. The van der Waals surface area contributed by atoms with E-state index in [0.29, 0.717) is 32.7 Å². The minimum atomic E-state index is -0.762. The molecule has 0 aliphatic rings. The topological polar surface area (TPSA) is 44.8 Å². The number of carbonyl (C=O) groups is 1. The van der Waals surface area contributed by atoms with Crippen LogP contribution in [0.5, 0.6) is 5.75 Å². The summed E-state index contributed by atoms with van der Waals surface area (Å²) in [5.74, 6) is 0.985. The fraction of sp³-hybridized carbons (Fsp3) is 0.606. The van der Waals surface area contributed by atoms with E-state index >= 15 is 0 Å². The van der Waals surface area contributed by atoms with Gasteiger partial charge in [0.2, 0.25) is 0 Å². The average Bonchev–Trinajstić information content (AvgIpc) is 2.94. The maximum atomic E-state index is 12.8. The molecule has 2 rings (SSSR count). The second kappa shape index (κ2) is 15.9. The van der Waals surface area contributed by atoms with E-state index in [1.165, 1.54) is 24.0 Å². The van der Waals surface area contributed by atoms with Gasteiger partial charge in [-0.3, -0.25) is 4.79 Å². The lowest BCUT2D eigenvalue weighted by Crippen LogP contribution is -2.39. The lowest BCUT2D eigenvalue weighted by molar-refractivity contribution is -0.144. The van der Waals surface area contributed by atoms with Crippen molar-refractivity contribution in [1.29, 1.82) is 0 Å². The van der Waals surface area contributed by atoms with Crippen LogP contribution in [0.3, 0.4) is 0 Å². The van der Waals surface area contributed by atoms with Gasteiger partial charge in [0.1, 0.15) is 18.0 Å². The van der Waals surface area contributed by atoms with E-state index in [1.807, 2.05) is 26.0 Å². The monoisotopic (exact) mass is 510 g/mol. The Bertz CT molecular complexity index is 894. The number of hydrogen-bond donors (Lipinski definition) is 0. The molecule has 0 aliphatic carbocycles. The largest absolute Gasteiger partial charge is 0.491 e. The summed E-state index contributed by atoms with van der Waals surface area (Å²) in [5, 5.41) is 0. The zero-order valence-corrected chi connectivity index (χ0v) is 24.2. The molecule has 2 aromatic carbocycles. The molecule has 0 radical (unpaired) electrons. The first-order chi connectivity index (χ1) is 17.8. The van der Waals surface area contributed by atoms with Crippen LogP contribution in [0.1, 0.15) is 104 Å². The molecule has 206 valence electrons. The highest BCUT2D eigenvalue weighted by atomic mass is 16.5. The van der Waals surface area contributed by atoms with E-state index in [0.717, 1.165) is 31.4 Å². The van der Waals surface area contributed by atoms with Crippen LogP contribution >= 0.6 is 0 Å². The van der Waals surface area contributed by atoms with Crippen LogP contribution in [-0.4, -0.2) is 37.3 Å². The van der Waals surface area contributed by atoms with Crippen LogP contribution in [0.15, 0.2) is 54.6 Å². The average molecular weight is 511 g/mol. The number of carbonyl (C=O) groups excluding carboxylic acids is 1. The number of rotatable bonds is 19. The van der Waals surface area contributed by atoms with E-state index in [4.69, 9.17) is 14.2 Å². The Morgan fingerprint density at radius 3 is 2.14 bits per heavy atom. The summed E-state index contributed by atoms with van der Waals surface area (Å²) >= 11 is 0. The Kier molecular flexibility index (Phi) is 13.4. The lowest BCUT2D eigenvalue weighted by atomic mass is 9.73. The van der Waals surface area contributed by atoms with E-state index in [-0.39, 0.29) is 17.3 Å². The van der Waals surface area contributed by atoms with Gasteiger partial charge in [-0.25, -0.2) is 0 Å². The van der Waals surface area contributed by atoms with E-state index in [2.05, 4.69) is 70.2 Å². The second-order valence-corrected chi connectivity index (χ2v) is 10.6. The molecule has 0 heterocycles. The van der Waals surface area contributed by atoms with Gasteiger partial charge >= 0.3 is 0 Å². The number of Topliss-reactive ketones (excluding diaryl/α,β-unsaturated/α-hetero) is 1. The predicted octanol–water partition coefficient (Wildman–Crippen LogP) is 8.30. The first kappa shape index (κ1) is 31.1. The van der Waals surface area contributed by atoms with Gasteiger partial charge in [-0.15, -0.1) is 0 Å². The third kappa shape index (κ3) is 9.57. The van der Waals surface area contributed by atoms with Crippen molar-refractivity contribution in [2.24, 2.45) is 0 Å². The van der Waals surface area contributed by atoms with Crippen molar-refractivity contribution < 1.29 is 19.0 Å². The molecule has 4 nitrogen and oxygen atoms in total. The molecule has 3 unspecified atom stereocenters. The third-order valence-corrected chi connectivity index (χ3v) is 7.75. The molecule has 37 heavy (non-hydrogen) atoms. The zero-order valence-electron chi connectivity index (χ0n) is 24.2. The van der Waals surface area contributed by atoms with Gasteiger partial charge in [0.25, 0.3) is 0 Å². The quantitative estimate of drug-likeness (QED) is 0.178. The van der Waals surface area contributed by atoms with Crippen LogP contribution < -0.4 is 4.74 Å². The first-order valence-electron chi connectivity index (χ1n) is 14.4. The maximum absolute atomic E-state index is 12.8. The summed E-state index contributed by atoms with van der Waals surface area (Å²) in [4.78, 5) is 12.8. The summed E-state index contributed by atoms with van der Waals surface area (Å²) in [6.07, 6.45) is 7.67. The molecular weight excluding hydrogens is 460 g/mol. The van der Waals surface area contributed by atoms with Crippen LogP contribution in [0.2, 0.25) is 0 Å². The van der Waals surface area contributed by atoms with Crippen LogP contribution in [-0.2, 0) is 19.7 Å². The fourth-order valence-corrected chi connectivity index (χ4v) is 4.57. The SMILES string of the molecule is CCCCC(C)(c1ccccc1)c1ccc(OCCOC(C)(CC)C(=O)CCCCOC(C)CC)cc1. The van der Waals surface area contributed by atoms with Gasteiger partial charge in [0, 0.05) is 18.4 Å². The van der Waals surface area contributed by atoms with E-state index in [9.17, 15) is 4.79 Å². The lowest BCUT2D eigenvalue weighted by Gasteiger charge is -2.31. The zero-order chi connectivity index (χ0) is 27.2. The molecule has 2 aromatic rings. The maximum Gasteiger partial charge on any atom is 0.164 e. The van der Waals surface area contributed by atoms with E-state index in [1.54, 1.807) is 0 Å². The molecule has 3 atom stereocenters. The van der Waals surface area contributed by atoms with Gasteiger partial charge in [0.15, 0.2) is 5.78 Å². The Hall–Kier alpha value is -2.17. The van der Waals surface area contributed by atoms with Crippen molar-refractivity contribution in [2.75, 3.05) is 19.8 Å². The first-order valence-corrected chi connectivity index (χ1v) is 14.4. The van der Waals surface area contributed by atoms with Crippen molar-refractivity contribution in [3.05, 3.63) is 65.7 Å². The number of hydrogen-bond acceptors (Lipinski definition) is 4. The van der Waals surface area contributed by atoms with Crippen LogP contribution in [0.25, 0.3) is 0 Å². The molecule has 0 amide bonds. The van der Waals surface area contributed by atoms with Crippen molar-refractivity contribution in [3.63, 3.8) is 0 Å². The summed E-state index contributed by atoms with van der Waals surface area (Å²) in [6, 6.07) is 19.2. The van der Waals surface area contributed by atoms with Crippen molar-refractivity contribution in [2.45, 2.75) is 110 Å². The van der Waals surface area contributed by atoms with Crippen molar-refractivity contribution >= 4 is 5.78 Å². The Morgan fingerprint density at radius 1 is 0.838 bits per heavy atom. The van der Waals surface area contributed by atoms with Crippen LogP contribution in [0, 0.1) is 0 Å². The number of ketones is 1. The summed E-state index contributed by atoms with van der Waals surface area (Å²) < 4.78 is 17.7. The highest BCUT2D eigenvalue weighted by Crippen LogP contribution is 2.37. The molecule has 0 aromatic heterocycles. The standard InChI is InChI=1S/C33H50O4/c1-7-10-23-32(5,28-16-12-11-13-17-28)29-19-21-30(22-20-29)36-25-26-37-33(6,9-3)31(34)18-14-15-24-35-27(4)8-2/h11-13,16-17,19-22,27H,7-10,14-15,18,23-26H2,1-6H3. The van der Waals surface area contributed by atoms with Gasteiger partial charge < -0.3 is 14.2 Å². The van der Waals surface area contributed by atoms with Crippen molar-refractivity contribution in [1.82, 2.24) is 0 Å². The minimum absolute atomic E-state index is 0.0252. The normalized spacial score (nSPS) is 15.5. The summed E-state index contributed by atoms with van der Waals surface area (Å²) in [6.45, 7) is 14.2. The molecule has 0 bridgehead atoms. The highest BCUT2D eigenvalue weighted by Gasteiger charge is 2.31. The van der Waals surface area contributed by atoms with Gasteiger partial charge in [-0.2, -0.15) is 0 Å². The summed E-state index contributed by atoms with van der Waals surface area (Å²) in [7, 11) is 0.